The predicted octanol–water partition coefficient (Wildman–Crippen LogP) is 6.91. The van der Waals surface area contributed by atoms with Gasteiger partial charge in [0.15, 0.2) is 0 Å². The van der Waals surface area contributed by atoms with E-state index >= 15 is 0 Å². The minimum Gasteiger partial charge on any atom is -0.481 e. The molecule has 8 heteroatoms. The normalized spacial score (nSPS) is 15.7. The number of carbonyl (C=O) groups excluding carboxylic acids is 2. The molecule has 1 aliphatic rings. The topological polar surface area (TPSA) is 77.9 Å². The average molecular weight is 563 g/mol. The van der Waals surface area contributed by atoms with Crippen LogP contribution in [0.4, 0.5) is 5.69 Å². The van der Waals surface area contributed by atoms with Crippen LogP contribution in [0, 0.1) is 11.8 Å². The molecule has 0 aromatic heterocycles. The number of unbranched alkanes of at least 4 members (excludes halogenated alkanes) is 1. The van der Waals surface area contributed by atoms with Crippen molar-refractivity contribution in [3.63, 3.8) is 0 Å². The molecule has 0 spiro atoms. The van der Waals surface area contributed by atoms with Gasteiger partial charge in [-0.3, -0.25) is 14.4 Å². The quantitative estimate of drug-likeness (QED) is 0.239. The Kier molecular flexibility index (Phi) is 8.96. The van der Waals surface area contributed by atoms with Crippen molar-refractivity contribution in [3.8, 4) is 11.8 Å². The van der Waals surface area contributed by atoms with Crippen molar-refractivity contribution >= 4 is 46.7 Å². The Labute approximate surface area is 238 Å². The first kappa shape index (κ1) is 28.2. The van der Waals surface area contributed by atoms with E-state index in [1.165, 1.54) is 0 Å². The second-order valence-corrected chi connectivity index (χ2v) is 10.2. The number of amides is 2. The van der Waals surface area contributed by atoms with E-state index in [4.69, 9.17) is 28.3 Å². The first-order valence-electron chi connectivity index (χ1n) is 12.6. The summed E-state index contributed by atoms with van der Waals surface area (Å²) in [6.45, 7) is 3.87. The van der Waals surface area contributed by atoms with Gasteiger partial charge in [0.25, 0.3) is 11.8 Å². The van der Waals surface area contributed by atoms with Gasteiger partial charge in [0.1, 0.15) is 6.04 Å². The van der Waals surface area contributed by atoms with Gasteiger partial charge in [0, 0.05) is 28.6 Å². The smallest absolute Gasteiger partial charge is 0.303 e. The number of hydrogen-bond donors (Lipinski definition) is 1. The van der Waals surface area contributed by atoms with Crippen molar-refractivity contribution in [1.82, 2.24) is 4.90 Å². The highest BCUT2D eigenvalue weighted by atomic mass is 35.5. The van der Waals surface area contributed by atoms with Gasteiger partial charge in [-0.15, -0.1) is 5.92 Å². The monoisotopic (exact) mass is 562 g/mol. The zero-order valence-electron chi connectivity index (χ0n) is 21.7. The fraction of sp³-hybridized carbons (Fsp3) is 0.258. The van der Waals surface area contributed by atoms with Gasteiger partial charge in [0.2, 0.25) is 0 Å². The van der Waals surface area contributed by atoms with Crippen LogP contribution in [0.15, 0.2) is 66.7 Å². The Morgan fingerprint density at radius 3 is 2.23 bits per heavy atom. The van der Waals surface area contributed by atoms with Gasteiger partial charge in [-0.2, -0.15) is 0 Å². The highest BCUT2D eigenvalue weighted by molar-refractivity contribution is 6.30. The number of nitrogens with zero attached hydrogens (tertiary/aromatic N) is 2. The first-order valence-corrected chi connectivity index (χ1v) is 13.4. The maximum absolute atomic E-state index is 14.4. The fourth-order valence-corrected chi connectivity index (χ4v) is 5.08. The molecule has 2 atom stereocenters. The van der Waals surface area contributed by atoms with E-state index in [1.807, 2.05) is 19.1 Å². The number of rotatable bonds is 8. The SMILES string of the molecule is CC#Cc1ccc2c(c1)C(=O)N([C@H](C)c1ccc(Cl)cc1)C(c1ccc(Cl)cc1)C(=O)N2CCCCC(=O)O. The standard InChI is InChI=1S/C31H28Cl2N2O4/c1-3-6-21-8-17-27-26(19-21)30(38)35(20(2)22-9-13-24(32)14-10-22)29(23-11-15-25(33)16-12-23)31(39)34(27)18-5-4-7-28(36)37/h8-17,19-20,29H,4-5,7,18H2,1-2H3,(H,36,37)/t20-,29?/m1/s1. The molecule has 0 radical (unpaired) electrons. The molecule has 0 aliphatic carbocycles. The van der Waals surface area contributed by atoms with Crippen LogP contribution in [0.2, 0.25) is 10.0 Å². The van der Waals surface area contributed by atoms with Crippen molar-refractivity contribution in [2.75, 3.05) is 11.4 Å². The average Bonchev–Trinajstić information content (AvgIpc) is 3.00. The Bertz CT molecular complexity index is 1440. The Balaban J connectivity index is 1.89. The number of carboxylic acid groups (broad SMARTS) is 1. The van der Waals surface area contributed by atoms with E-state index in [0.29, 0.717) is 45.3 Å². The van der Waals surface area contributed by atoms with Crippen molar-refractivity contribution in [2.24, 2.45) is 0 Å². The number of fused-ring (bicyclic) bond motifs is 1. The van der Waals surface area contributed by atoms with Crippen LogP contribution in [-0.2, 0) is 9.59 Å². The van der Waals surface area contributed by atoms with Crippen LogP contribution in [0.5, 0.6) is 0 Å². The number of aliphatic carboxylic acids is 1. The number of hydrogen-bond acceptors (Lipinski definition) is 3. The molecule has 0 saturated heterocycles. The third-order valence-corrected chi connectivity index (χ3v) is 7.28. The molecule has 1 unspecified atom stereocenters. The highest BCUT2D eigenvalue weighted by Gasteiger charge is 2.42. The third-order valence-electron chi connectivity index (χ3n) is 6.78. The molecule has 6 nitrogen and oxygen atoms in total. The van der Waals surface area contributed by atoms with Gasteiger partial charge in [0.05, 0.1) is 17.3 Å². The summed E-state index contributed by atoms with van der Waals surface area (Å²) < 4.78 is 0. The first-order chi connectivity index (χ1) is 18.7. The molecule has 0 bridgehead atoms. The van der Waals surface area contributed by atoms with E-state index in [9.17, 15) is 14.4 Å². The van der Waals surface area contributed by atoms with Gasteiger partial charge >= 0.3 is 5.97 Å². The van der Waals surface area contributed by atoms with E-state index in [1.54, 1.807) is 71.3 Å². The lowest BCUT2D eigenvalue weighted by atomic mass is 9.98. The molecule has 1 heterocycles. The summed E-state index contributed by atoms with van der Waals surface area (Å²) in [5.41, 5.74) is 2.94. The van der Waals surface area contributed by atoms with Crippen molar-refractivity contribution in [2.45, 2.75) is 45.2 Å². The van der Waals surface area contributed by atoms with Crippen LogP contribution in [0.3, 0.4) is 0 Å². The molecule has 200 valence electrons. The van der Waals surface area contributed by atoms with Crippen LogP contribution in [0.25, 0.3) is 0 Å². The van der Waals surface area contributed by atoms with E-state index in [0.717, 1.165) is 5.56 Å². The summed E-state index contributed by atoms with van der Waals surface area (Å²) in [5, 5.41) is 10.2. The van der Waals surface area contributed by atoms with E-state index < -0.39 is 18.1 Å². The summed E-state index contributed by atoms with van der Waals surface area (Å²) in [5.74, 6) is 4.38. The van der Waals surface area contributed by atoms with Gasteiger partial charge in [-0.1, -0.05) is 53.4 Å². The molecule has 1 aliphatic heterocycles. The molecule has 0 saturated carbocycles. The maximum Gasteiger partial charge on any atom is 0.303 e. The van der Waals surface area contributed by atoms with Crippen molar-refractivity contribution in [3.05, 3.63) is 99.0 Å². The van der Waals surface area contributed by atoms with Crippen LogP contribution in [0.1, 0.15) is 72.2 Å². The Morgan fingerprint density at radius 1 is 0.974 bits per heavy atom. The lowest BCUT2D eigenvalue weighted by molar-refractivity contribution is -0.137. The Morgan fingerprint density at radius 2 is 1.62 bits per heavy atom. The largest absolute Gasteiger partial charge is 0.481 e. The predicted molar refractivity (Wildman–Crippen MR) is 153 cm³/mol. The molecule has 3 aromatic rings. The molecule has 1 N–H and O–H groups in total. The zero-order chi connectivity index (χ0) is 28.1. The molecule has 39 heavy (non-hydrogen) atoms. The van der Waals surface area contributed by atoms with Crippen LogP contribution < -0.4 is 4.90 Å². The number of benzene rings is 3. The molecular weight excluding hydrogens is 535 g/mol. The minimum absolute atomic E-state index is 0.000809. The third kappa shape index (κ3) is 6.27. The zero-order valence-corrected chi connectivity index (χ0v) is 23.2. The number of anilines is 1. The van der Waals surface area contributed by atoms with Crippen molar-refractivity contribution in [1.29, 1.82) is 0 Å². The summed E-state index contributed by atoms with van der Waals surface area (Å²) in [6.07, 6.45) is 0.861. The van der Waals surface area contributed by atoms with Crippen LogP contribution in [-0.4, -0.2) is 34.3 Å². The number of carboxylic acids is 1. The maximum atomic E-state index is 14.4. The van der Waals surface area contributed by atoms with Gasteiger partial charge < -0.3 is 14.9 Å². The van der Waals surface area contributed by atoms with Gasteiger partial charge in [-0.05, 0) is 80.3 Å². The fourth-order valence-electron chi connectivity index (χ4n) is 4.83. The Hall–Kier alpha value is -3.79. The van der Waals surface area contributed by atoms with Crippen molar-refractivity contribution < 1.29 is 19.5 Å². The second kappa shape index (κ2) is 12.4. The number of halogens is 2. The summed E-state index contributed by atoms with van der Waals surface area (Å²) in [7, 11) is 0. The molecule has 3 aromatic carbocycles. The summed E-state index contributed by atoms with van der Waals surface area (Å²) in [6, 6.07) is 17.9. The number of carbonyl (C=O) groups is 3. The van der Waals surface area contributed by atoms with E-state index in [2.05, 4.69) is 11.8 Å². The molecular formula is C31H28Cl2N2O4. The second-order valence-electron chi connectivity index (χ2n) is 9.34. The minimum atomic E-state index is -0.951. The molecule has 4 rings (SSSR count). The lowest BCUT2D eigenvalue weighted by Gasteiger charge is -2.36. The van der Waals surface area contributed by atoms with Crippen LogP contribution >= 0.6 is 23.2 Å². The lowest BCUT2D eigenvalue weighted by Crippen LogP contribution is -2.44. The summed E-state index contributed by atoms with van der Waals surface area (Å²) >= 11 is 12.3. The van der Waals surface area contributed by atoms with E-state index in [-0.39, 0.29) is 24.8 Å². The highest BCUT2D eigenvalue weighted by Crippen LogP contribution is 2.40. The molecule has 0 fully saturated rings. The molecule has 2 amide bonds. The van der Waals surface area contributed by atoms with Gasteiger partial charge in [-0.25, -0.2) is 0 Å². The summed E-state index contributed by atoms with van der Waals surface area (Å²) in [4.78, 5) is 43.1.